The first kappa shape index (κ1) is 18.9. The number of aryl methyl sites for hydroxylation is 1. The molecule has 0 heterocycles. The Labute approximate surface area is 150 Å². The molecule has 0 atom stereocenters. The van der Waals surface area contributed by atoms with Crippen molar-refractivity contribution in [3.05, 3.63) is 76.9 Å². The number of hydrogen-bond acceptors (Lipinski definition) is 3. The lowest BCUT2D eigenvalue weighted by Gasteiger charge is -2.20. The maximum atomic E-state index is 11.7. The number of fused-ring (bicyclic) bond motifs is 1. The van der Waals surface area contributed by atoms with Crippen LogP contribution in [0.15, 0.2) is 54.6 Å². The zero-order valence-corrected chi connectivity index (χ0v) is 15.3. The number of esters is 1. The molecule has 3 nitrogen and oxygen atoms in total. The maximum Gasteiger partial charge on any atom is 0.326 e. The number of nitrogens with two attached hydrogens (primary N) is 1. The van der Waals surface area contributed by atoms with Gasteiger partial charge in [0.15, 0.2) is 0 Å². The predicted octanol–water partition coefficient (Wildman–Crippen LogP) is 4.07. The second kappa shape index (κ2) is 8.63. The highest BCUT2D eigenvalue weighted by atomic mass is 16.5. The summed E-state index contributed by atoms with van der Waals surface area (Å²) in [5, 5.41) is 0. The van der Waals surface area contributed by atoms with Crippen LogP contribution in [0.3, 0.4) is 0 Å². The predicted molar refractivity (Wildman–Crippen MR) is 103 cm³/mol. The molecular formula is C22H27NO2. The van der Waals surface area contributed by atoms with E-state index in [2.05, 4.69) is 43.3 Å². The molecule has 1 aliphatic carbocycles. The van der Waals surface area contributed by atoms with Gasteiger partial charge in [-0.25, -0.2) is 0 Å². The third-order valence-corrected chi connectivity index (χ3v) is 4.35. The summed E-state index contributed by atoms with van der Waals surface area (Å²) in [5.41, 5.74) is 10.2. The van der Waals surface area contributed by atoms with Crippen molar-refractivity contribution in [2.24, 2.45) is 5.73 Å². The van der Waals surface area contributed by atoms with E-state index in [0.29, 0.717) is 19.4 Å². The normalized spacial score (nSPS) is 14.6. The first-order chi connectivity index (χ1) is 12.0. The summed E-state index contributed by atoms with van der Waals surface area (Å²) in [6.45, 7) is 6.33. The van der Waals surface area contributed by atoms with Gasteiger partial charge >= 0.3 is 5.97 Å². The Morgan fingerprint density at radius 2 is 1.68 bits per heavy atom. The van der Waals surface area contributed by atoms with Gasteiger partial charge in [-0.2, -0.15) is 0 Å². The van der Waals surface area contributed by atoms with E-state index in [-0.39, 0.29) is 5.97 Å². The molecule has 3 heteroatoms. The van der Waals surface area contributed by atoms with Gasteiger partial charge in [-0.15, -0.1) is 0 Å². The third kappa shape index (κ3) is 4.80. The molecule has 0 spiro atoms. The van der Waals surface area contributed by atoms with Gasteiger partial charge in [0.25, 0.3) is 0 Å². The van der Waals surface area contributed by atoms with Gasteiger partial charge in [0, 0.05) is 12.8 Å². The summed E-state index contributed by atoms with van der Waals surface area (Å²) in [6, 6.07) is 16.3. The second-order valence-corrected chi connectivity index (χ2v) is 6.36. The van der Waals surface area contributed by atoms with E-state index in [4.69, 9.17) is 10.5 Å². The van der Waals surface area contributed by atoms with Crippen LogP contribution in [0.2, 0.25) is 0 Å². The minimum absolute atomic E-state index is 0.291. The van der Waals surface area contributed by atoms with E-state index in [0.717, 1.165) is 11.1 Å². The first-order valence-electron chi connectivity index (χ1n) is 8.71. The monoisotopic (exact) mass is 337 g/mol. The lowest BCUT2D eigenvalue weighted by Crippen LogP contribution is -2.50. The summed E-state index contributed by atoms with van der Waals surface area (Å²) in [6.07, 6.45) is 5.35. The molecule has 0 radical (unpaired) electrons. The van der Waals surface area contributed by atoms with Crippen LogP contribution in [0.25, 0.3) is 6.08 Å². The van der Waals surface area contributed by atoms with Crippen molar-refractivity contribution in [2.45, 2.75) is 39.2 Å². The van der Waals surface area contributed by atoms with Gasteiger partial charge in [-0.3, -0.25) is 4.79 Å². The Morgan fingerprint density at radius 1 is 1.12 bits per heavy atom. The van der Waals surface area contributed by atoms with Crippen LogP contribution in [0.5, 0.6) is 0 Å². The molecule has 0 unspecified atom stereocenters. The molecule has 1 aliphatic rings. The van der Waals surface area contributed by atoms with Gasteiger partial charge in [0.1, 0.15) is 5.54 Å². The maximum absolute atomic E-state index is 11.7. The molecule has 0 bridgehead atoms. The van der Waals surface area contributed by atoms with Crippen molar-refractivity contribution >= 4 is 12.0 Å². The molecule has 132 valence electrons. The number of benzene rings is 2. The van der Waals surface area contributed by atoms with Crippen molar-refractivity contribution < 1.29 is 9.53 Å². The SMILES string of the molecule is C/C=C/c1ccccc1C.CCOC(=O)C1(N)Cc2ccccc2C1. The molecule has 2 aromatic carbocycles. The summed E-state index contributed by atoms with van der Waals surface area (Å²) < 4.78 is 5.00. The van der Waals surface area contributed by atoms with E-state index in [1.807, 2.05) is 31.2 Å². The summed E-state index contributed by atoms with van der Waals surface area (Å²) in [4.78, 5) is 11.7. The second-order valence-electron chi connectivity index (χ2n) is 6.36. The van der Waals surface area contributed by atoms with E-state index < -0.39 is 5.54 Å². The van der Waals surface area contributed by atoms with Crippen molar-refractivity contribution in [2.75, 3.05) is 6.61 Å². The van der Waals surface area contributed by atoms with E-state index in [1.54, 1.807) is 6.92 Å². The molecule has 2 N–H and O–H groups in total. The highest BCUT2D eigenvalue weighted by Gasteiger charge is 2.41. The molecule has 2 aromatic rings. The first-order valence-corrected chi connectivity index (χ1v) is 8.71. The lowest BCUT2D eigenvalue weighted by molar-refractivity contribution is -0.149. The number of hydrogen-bond donors (Lipinski definition) is 1. The quantitative estimate of drug-likeness (QED) is 0.859. The van der Waals surface area contributed by atoms with Gasteiger partial charge in [0.05, 0.1) is 6.61 Å². The Hall–Kier alpha value is -2.39. The lowest BCUT2D eigenvalue weighted by atomic mass is 9.98. The topological polar surface area (TPSA) is 52.3 Å². The van der Waals surface area contributed by atoms with E-state index in [1.165, 1.54) is 11.1 Å². The van der Waals surface area contributed by atoms with Gasteiger partial charge in [0.2, 0.25) is 0 Å². The van der Waals surface area contributed by atoms with Crippen molar-refractivity contribution in [3.63, 3.8) is 0 Å². The van der Waals surface area contributed by atoms with Crippen LogP contribution in [0, 0.1) is 6.92 Å². The van der Waals surface area contributed by atoms with Gasteiger partial charge in [-0.05, 0) is 43.0 Å². The molecule has 0 aromatic heterocycles. The molecule has 0 saturated carbocycles. The van der Waals surface area contributed by atoms with Gasteiger partial charge < -0.3 is 10.5 Å². The van der Waals surface area contributed by atoms with E-state index >= 15 is 0 Å². The smallest absolute Gasteiger partial charge is 0.326 e. The third-order valence-electron chi connectivity index (χ3n) is 4.35. The fourth-order valence-corrected chi connectivity index (χ4v) is 3.02. The molecule has 0 amide bonds. The number of allylic oxidation sites excluding steroid dienone is 1. The molecule has 25 heavy (non-hydrogen) atoms. The molecule has 0 aliphatic heterocycles. The van der Waals surface area contributed by atoms with Crippen LogP contribution in [-0.4, -0.2) is 18.1 Å². The fraction of sp³-hybridized carbons (Fsp3) is 0.318. The van der Waals surface area contributed by atoms with Crippen molar-refractivity contribution in [1.29, 1.82) is 0 Å². The minimum Gasteiger partial charge on any atom is -0.465 e. The summed E-state index contributed by atoms with van der Waals surface area (Å²) in [5.74, 6) is -0.291. The average Bonchev–Trinajstić information content (AvgIpc) is 2.95. The average molecular weight is 337 g/mol. The largest absolute Gasteiger partial charge is 0.465 e. The fourth-order valence-electron chi connectivity index (χ4n) is 3.02. The Balaban J connectivity index is 0.000000196. The number of rotatable bonds is 3. The van der Waals surface area contributed by atoms with Crippen LogP contribution in [-0.2, 0) is 22.4 Å². The Morgan fingerprint density at radius 3 is 2.20 bits per heavy atom. The highest BCUT2D eigenvalue weighted by molar-refractivity contribution is 5.82. The van der Waals surface area contributed by atoms with E-state index in [9.17, 15) is 4.79 Å². The number of ether oxygens (including phenoxy) is 1. The van der Waals surface area contributed by atoms with Crippen molar-refractivity contribution in [1.82, 2.24) is 0 Å². The number of carbonyl (C=O) groups is 1. The van der Waals surface area contributed by atoms with Crippen LogP contribution in [0.1, 0.15) is 36.1 Å². The number of carbonyl (C=O) groups excluding carboxylic acids is 1. The Kier molecular flexibility index (Phi) is 6.54. The summed E-state index contributed by atoms with van der Waals surface area (Å²) in [7, 11) is 0. The van der Waals surface area contributed by atoms with Gasteiger partial charge in [-0.1, -0.05) is 60.7 Å². The summed E-state index contributed by atoms with van der Waals surface area (Å²) >= 11 is 0. The Bertz CT molecular complexity index is 724. The standard InChI is InChI=1S/C12H15NO2.C10H12/c1-2-15-11(14)12(13)7-9-5-3-4-6-10(9)8-12;1-3-6-10-8-5-4-7-9(10)2/h3-6H,2,7-8,13H2,1H3;3-8H,1-2H3/b;6-3+. The van der Waals surface area contributed by atoms with Crippen LogP contribution >= 0.6 is 0 Å². The molecule has 3 rings (SSSR count). The zero-order chi connectivity index (χ0) is 18.3. The van der Waals surface area contributed by atoms with Crippen molar-refractivity contribution in [3.8, 4) is 0 Å². The molecule has 0 fully saturated rings. The molecule has 0 saturated heterocycles. The zero-order valence-electron chi connectivity index (χ0n) is 15.3. The van der Waals surface area contributed by atoms with Crippen LogP contribution in [0.4, 0.5) is 0 Å². The van der Waals surface area contributed by atoms with Crippen LogP contribution < -0.4 is 5.73 Å². The minimum atomic E-state index is -0.848. The molecular weight excluding hydrogens is 310 g/mol. The highest BCUT2D eigenvalue weighted by Crippen LogP contribution is 2.29.